The fourth-order valence-electron chi connectivity index (χ4n) is 1.37. The quantitative estimate of drug-likeness (QED) is 0.618. The Morgan fingerprint density at radius 2 is 1.68 bits per heavy atom. The summed E-state index contributed by atoms with van der Waals surface area (Å²) >= 11 is 2.67. The van der Waals surface area contributed by atoms with Crippen LogP contribution in [0.15, 0.2) is 23.2 Å². The molecule has 2 aromatic heterocycles. The van der Waals surface area contributed by atoms with Crippen molar-refractivity contribution in [1.82, 2.24) is 9.97 Å². The van der Waals surface area contributed by atoms with Crippen LogP contribution in [0, 0.1) is 5.92 Å². The maximum Gasteiger partial charge on any atom is 2.00 e. The maximum absolute atomic E-state index is 11.5. The number of ketones is 1. The summed E-state index contributed by atoms with van der Waals surface area (Å²) in [4.78, 5) is 29.4. The largest absolute Gasteiger partial charge is 2.00 e. The third-order valence-corrected chi connectivity index (χ3v) is 3.84. The molecule has 2 heterocycles. The van der Waals surface area contributed by atoms with Crippen LogP contribution in [0.1, 0.15) is 37.9 Å². The molecule has 22 heavy (non-hydrogen) atoms. The summed E-state index contributed by atoms with van der Waals surface area (Å²) in [7, 11) is 0. The number of carboxylic acid groups (broad SMARTS) is 1. The Morgan fingerprint density at radius 1 is 1.23 bits per heavy atom. The average Bonchev–Trinajstić information content (AvgIpc) is 3.11. The Labute approximate surface area is 169 Å². The third-order valence-electron chi connectivity index (χ3n) is 2.30. The first-order valence-electron chi connectivity index (χ1n) is 6.23. The molecule has 3 N–H and O–H groups in total. The van der Waals surface area contributed by atoms with E-state index in [-0.39, 0.29) is 46.4 Å². The van der Waals surface area contributed by atoms with E-state index in [2.05, 4.69) is 9.97 Å². The Kier molecular flexibility index (Phi) is 11.0. The number of hydrogen-bond donors (Lipinski definition) is 2. The summed E-state index contributed by atoms with van der Waals surface area (Å²) in [6.45, 7) is 3.89. The van der Waals surface area contributed by atoms with E-state index >= 15 is 0 Å². The molecule has 0 saturated heterocycles. The second kappa shape index (κ2) is 11.2. The van der Waals surface area contributed by atoms with E-state index < -0.39 is 12.0 Å². The van der Waals surface area contributed by atoms with Crippen LogP contribution >= 0.6 is 22.7 Å². The molecule has 6 nitrogen and oxygen atoms in total. The summed E-state index contributed by atoms with van der Waals surface area (Å²) in [5, 5.41) is 12.9. The first-order valence-corrected chi connectivity index (χ1v) is 7.99. The molecule has 0 amide bonds. The molecule has 1 unspecified atom stereocenters. The number of carbonyl (C=O) groups is 2. The zero-order valence-corrected chi connectivity index (χ0v) is 16.3. The number of carboxylic acids is 1. The molecule has 9 heteroatoms. The van der Waals surface area contributed by atoms with E-state index in [0.717, 1.165) is 0 Å². The first kappa shape index (κ1) is 21.6. The summed E-state index contributed by atoms with van der Waals surface area (Å²) in [6.07, 6.45) is 3.78. The third kappa shape index (κ3) is 7.75. The molecule has 0 aromatic carbocycles. The van der Waals surface area contributed by atoms with Gasteiger partial charge in [-0.3, -0.25) is 9.59 Å². The molecule has 0 aliphatic rings. The van der Waals surface area contributed by atoms with E-state index in [1.54, 1.807) is 23.2 Å². The Bertz CT molecular complexity index is 533. The van der Waals surface area contributed by atoms with Gasteiger partial charge in [-0.05, 0) is 12.3 Å². The molecule has 0 saturated carbocycles. The number of hydrogen-bond acceptors (Lipinski definition) is 7. The summed E-state index contributed by atoms with van der Waals surface area (Å²) in [5.41, 5.74) is 5.22. The monoisotopic (exact) mass is 369 g/mol. The van der Waals surface area contributed by atoms with E-state index in [1.165, 1.54) is 22.7 Å². The molecule has 0 radical (unpaired) electrons. The average molecular weight is 370 g/mol. The van der Waals surface area contributed by atoms with Crippen molar-refractivity contribution >= 4 is 72.2 Å². The van der Waals surface area contributed by atoms with E-state index in [0.29, 0.717) is 22.4 Å². The van der Waals surface area contributed by atoms with E-state index in [4.69, 9.17) is 10.8 Å². The van der Waals surface area contributed by atoms with Crippen molar-refractivity contribution in [2.75, 3.05) is 0 Å². The van der Waals surface area contributed by atoms with Gasteiger partial charge in [0.2, 0.25) is 5.78 Å². The first-order chi connectivity index (χ1) is 9.91. The van der Waals surface area contributed by atoms with Crippen molar-refractivity contribution in [3.8, 4) is 0 Å². The van der Waals surface area contributed by atoms with Crippen molar-refractivity contribution in [2.45, 2.75) is 26.3 Å². The Balaban J connectivity index is -0.000000339. The van der Waals surface area contributed by atoms with Crippen molar-refractivity contribution in [2.24, 2.45) is 11.7 Å². The number of thiazole rings is 2. The van der Waals surface area contributed by atoms with Gasteiger partial charge in [-0.2, -0.15) is 0 Å². The van der Waals surface area contributed by atoms with Gasteiger partial charge < -0.3 is 13.7 Å². The zero-order valence-electron chi connectivity index (χ0n) is 14.4. The van der Waals surface area contributed by atoms with Crippen LogP contribution in [-0.4, -0.2) is 70.6 Å². The van der Waals surface area contributed by atoms with Crippen LogP contribution in [0.3, 0.4) is 0 Å². The van der Waals surface area contributed by atoms with Gasteiger partial charge >= 0.3 is 43.7 Å². The molecule has 118 valence electrons. The molecule has 0 aliphatic heterocycles. The molecule has 0 spiro atoms. The molecule has 2 aromatic rings. The number of aromatic nitrogens is 2. The van der Waals surface area contributed by atoms with Gasteiger partial charge in [0.15, 0.2) is 10.0 Å². The van der Waals surface area contributed by atoms with E-state index in [9.17, 15) is 9.59 Å². The fraction of sp³-hybridized carbons (Fsp3) is 0.385. The predicted octanol–water partition coefficient (Wildman–Crippen LogP) is 2.12. The molecule has 0 fully saturated rings. The van der Waals surface area contributed by atoms with E-state index in [1.807, 2.05) is 13.8 Å². The van der Waals surface area contributed by atoms with Crippen molar-refractivity contribution in [3.05, 3.63) is 33.2 Å². The Hall–Kier alpha value is -0.380. The van der Waals surface area contributed by atoms with Gasteiger partial charge in [0.05, 0.1) is 0 Å². The normalized spacial score (nSPS) is 11.1. The number of nitrogens with zero attached hydrogens (tertiary/aromatic N) is 2. The molecule has 0 aliphatic carbocycles. The van der Waals surface area contributed by atoms with Gasteiger partial charge in [0, 0.05) is 23.2 Å². The van der Waals surface area contributed by atoms with Gasteiger partial charge in [0.25, 0.3) is 0 Å². The molecular formula is C13H19CaN3O3S2. The van der Waals surface area contributed by atoms with Crippen LogP contribution in [0.2, 0.25) is 0 Å². The SMILES string of the molecule is CC(C)CC(N)C(=O)O.O=C(c1nccs1)c1nccs1.[Ca+2].[H-].[H-]. The predicted molar refractivity (Wildman–Crippen MR) is 90.7 cm³/mol. The van der Waals surface area contributed by atoms with Crippen LogP contribution in [0.4, 0.5) is 0 Å². The number of rotatable bonds is 5. The second-order valence-corrected chi connectivity index (χ2v) is 6.37. The second-order valence-electron chi connectivity index (χ2n) is 4.58. The maximum atomic E-state index is 11.5. The summed E-state index contributed by atoms with van der Waals surface area (Å²) in [6, 6.07) is -0.690. The number of aliphatic carboxylic acids is 1. The summed E-state index contributed by atoms with van der Waals surface area (Å²) < 4.78 is 0. The van der Waals surface area contributed by atoms with Gasteiger partial charge in [-0.15, -0.1) is 22.7 Å². The van der Waals surface area contributed by atoms with Crippen LogP contribution in [0.25, 0.3) is 0 Å². The zero-order chi connectivity index (χ0) is 15.8. The van der Waals surface area contributed by atoms with Crippen LogP contribution in [0.5, 0.6) is 0 Å². The minimum Gasteiger partial charge on any atom is -1.00 e. The van der Waals surface area contributed by atoms with Crippen molar-refractivity contribution in [3.63, 3.8) is 0 Å². The van der Waals surface area contributed by atoms with Crippen molar-refractivity contribution in [1.29, 1.82) is 0 Å². The Morgan fingerprint density at radius 3 is 1.91 bits per heavy atom. The van der Waals surface area contributed by atoms with Crippen LogP contribution in [-0.2, 0) is 4.79 Å². The molecule has 0 bridgehead atoms. The minimum atomic E-state index is -0.913. The standard InChI is InChI=1S/C7H4N2OS2.C6H13NO2.Ca.2H/c10-5(6-8-1-3-11-6)7-9-2-4-12-7;1-4(2)3-5(7)6(8)9;;;/h1-4H;4-5H,3,7H2,1-2H3,(H,8,9);;;/q;;+2;2*-1. The molecule has 2 rings (SSSR count). The summed E-state index contributed by atoms with van der Waals surface area (Å²) in [5.74, 6) is -0.639. The number of nitrogens with two attached hydrogens (primary N) is 1. The van der Waals surface area contributed by atoms with Gasteiger partial charge in [-0.1, -0.05) is 13.8 Å². The van der Waals surface area contributed by atoms with Crippen LogP contribution < -0.4 is 5.73 Å². The van der Waals surface area contributed by atoms with Gasteiger partial charge in [-0.25, -0.2) is 9.97 Å². The smallest absolute Gasteiger partial charge is 1.00 e. The molecular weight excluding hydrogens is 350 g/mol. The molecule has 1 atom stereocenters. The van der Waals surface area contributed by atoms with Crippen molar-refractivity contribution < 1.29 is 17.5 Å². The fourth-order valence-corrected chi connectivity index (χ4v) is 2.59. The minimum absolute atomic E-state index is 0. The van der Waals surface area contributed by atoms with Gasteiger partial charge in [0.1, 0.15) is 6.04 Å². The number of carbonyl (C=O) groups excluding carboxylic acids is 1. The topological polar surface area (TPSA) is 106 Å².